The molecule has 0 atom stereocenters. The highest BCUT2D eigenvalue weighted by molar-refractivity contribution is 14.0. The summed E-state index contributed by atoms with van der Waals surface area (Å²) in [5.74, 6) is 1.71. The second-order valence-corrected chi connectivity index (χ2v) is 5.35. The number of rotatable bonds is 9. The van der Waals surface area contributed by atoms with Crippen molar-refractivity contribution in [2.45, 2.75) is 25.8 Å². The van der Waals surface area contributed by atoms with Crippen molar-refractivity contribution < 1.29 is 13.9 Å². The molecule has 7 nitrogen and oxygen atoms in total. The summed E-state index contributed by atoms with van der Waals surface area (Å²) in [6.07, 6.45) is 3.57. The fraction of sp³-hybridized carbons (Fsp3) is 0.600. The van der Waals surface area contributed by atoms with Crippen LogP contribution in [-0.4, -0.2) is 38.7 Å². The largest absolute Gasteiger partial charge is 0.454 e. The van der Waals surface area contributed by atoms with Gasteiger partial charge in [0.15, 0.2) is 11.7 Å². The molecule has 23 heavy (non-hydrogen) atoms. The standard InChI is InChI=1S/C15H24N4O3.HI/c1-17-15(18-7-2-8-21-10-11-3-4-11)19-9-12-5-6-13(22-12)14(16)20;/h5-6,11H,2-4,7-10H2,1H3,(H2,16,20)(H2,17,18,19);1H. The summed E-state index contributed by atoms with van der Waals surface area (Å²) in [5.41, 5.74) is 5.14. The van der Waals surface area contributed by atoms with E-state index in [1.807, 2.05) is 0 Å². The Kier molecular flexibility index (Phi) is 9.00. The molecule has 0 bridgehead atoms. The number of nitrogens with zero attached hydrogens (tertiary/aromatic N) is 1. The smallest absolute Gasteiger partial charge is 0.284 e. The number of furan rings is 1. The van der Waals surface area contributed by atoms with Crippen molar-refractivity contribution in [1.29, 1.82) is 0 Å². The fourth-order valence-corrected chi connectivity index (χ4v) is 1.91. The van der Waals surface area contributed by atoms with Crippen LogP contribution in [0.3, 0.4) is 0 Å². The Morgan fingerprint density at radius 2 is 2.22 bits per heavy atom. The molecule has 0 aliphatic heterocycles. The van der Waals surface area contributed by atoms with E-state index in [0.29, 0.717) is 18.3 Å². The van der Waals surface area contributed by atoms with Gasteiger partial charge in [-0.25, -0.2) is 0 Å². The predicted octanol–water partition coefficient (Wildman–Crippen LogP) is 1.48. The third kappa shape index (κ3) is 7.69. The normalized spacial score (nSPS) is 14.2. The molecular formula is C15H25IN4O3. The lowest BCUT2D eigenvalue weighted by atomic mass is 10.4. The Hall–Kier alpha value is -1.29. The van der Waals surface area contributed by atoms with Crippen molar-refractivity contribution in [1.82, 2.24) is 10.6 Å². The summed E-state index contributed by atoms with van der Waals surface area (Å²) in [6, 6.07) is 3.28. The van der Waals surface area contributed by atoms with E-state index in [1.165, 1.54) is 12.8 Å². The topological polar surface area (TPSA) is 102 Å². The Morgan fingerprint density at radius 1 is 1.43 bits per heavy atom. The molecule has 130 valence electrons. The molecule has 1 aromatic heterocycles. The molecule has 1 heterocycles. The monoisotopic (exact) mass is 436 g/mol. The maximum Gasteiger partial charge on any atom is 0.284 e. The van der Waals surface area contributed by atoms with Crippen molar-refractivity contribution in [2.24, 2.45) is 16.6 Å². The zero-order valence-corrected chi connectivity index (χ0v) is 15.7. The van der Waals surface area contributed by atoms with Crippen LogP contribution in [0.15, 0.2) is 21.5 Å². The Balaban J connectivity index is 0.00000264. The van der Waals surface area contributed by atoms with Crippen LogP contribution < -0.4 is 16.4 Å². The van der Waals surface area contributed by atoms with E-state index in [-0.39, 0.29) is 29.7 Å². The van der Waals surface area contributed by atoms with Crippen LogP contribution in [0.4, 0.5) is 0 Å². The molecule has 1 aliphatic carbocycles. The van der Waals surface area contributed by atoms with E-state index in [2.05, 4.69) is 15.6 Å². The zero-order chi connectivity index (χ0) is 15.8. The van der Waals surface area contributed by atoms with E-state index in [9.17, 15) is 4.79 Å². The maximum atomic E-state index is 10.9. The second kappa shape index (κ2) is 10.5. The number of amides is 1. The summed E-state index contributed by atoms with van der Waals surface area (Å²) < 4.78 is 10.9. The molecule has 0 aromatic carbocycles. The number of hydrogen-bond acceptors (Lipinski definition) is 4. The van der Waals surface area contributed by atoms with E-state index in [1.54, 1.807) is 19.2 Å². The first-order chi connectivity index (χ1) is 10.7. The number of nitrogens with two attached hydrogens (primary N) is 1. The van der Waals surface area contributed by atoms with Gasteiger partial charge >= 0.3 is 0 Å². The zero-order valence-electron chi connectivity index (χ0n) is 13.3. The minimum Gasteiger partial charge on any atom is -0.454 e. The van der Waals surface area contributed by atoms with Crippen LogP contribution >= 0.6 is 24.0 Å². The van der Waals surface area contributed by atoms with Crippen LogP contribution in [0, 0.1) is 5.92 Å². The minimum atomic E-state index is -0.569. The van der Waals surface area contributed by atoms with Gasteiger partial charge in [0.1, 0.15) is 5.76 Å². The number of hydrogen-bond donors (Lipinski definition) is 3. The number of halogens is 1. The predicted molar refractivity (Wildman–Crippen MR) is 99.0 cm³/mol. The van der Waals surface area contributed by atoms with E-state index >= 15 is 0 Å². The third-order valence-corrected chi connectivity index (χ3v) is 3.37. The van der Waals surface area contributed by atoms with Crippen molar-refractivity contribution in [3.63, 3.8) is 0 Å². The number of carbonyl (C=O) groups is 1. The molecule has 1 aliphatic rings. The molecule has 0 saturated heterocycles. The first-order valence-corrected chi connectivity index (χ1v) is 7.60. The van der Waals surface area contributed by atoms with Crippen LogP contribution in [0.2, 0.25) is 0 Å². The first kappa shape index (κ1) is 19.8. The van der Waals surface area contributed by atoms with Crippen LogP contribution in [0.5, 0.6) is 0 Å². The van der Waals surface area contributed by atoms with Gasteiger partial charge in [-0.2, -0.15) is 0 Å². The van der Waals surface area contributed by atoms with Crippen LogP contribution in [0.25, 0.3) is 0 Å². The SMILES string of the molecule is CN=C(NCCCOCC1CC1)NCc1ccc(C(N)=O)o1.I. The average molecular weight is 436 g/mol. The van der Waals surface area contributed by atoms with Gasteiger partial charge in [0, 0.05) is 26.8 Å². The second-order valence-electron chi connectivity index (χ2n) is 5.35. The molecular weight excluding hydrogens is 411 g/mol. The highest BCUT2D eigenvalue weighted by Crippen LogP contribution is 2.28. The van der Waals surface area contributed by atoms with Crippen molar-refractivity contribution in [3.05, 3.63) is 23.7 Å². The number of nitrogens with one attached hydrogen (secondary N) is 2. The van der Waals surface area contributed by atoms with Crippen molar-refractivity contribution >= 4 is 35.8 Å². The lowest BCUT2D eigenvalue weighted by Crippen LogP contribution is -2.37. The molecule has 0 radical (unpaired) electrons. The Labute approximate surface area is 153 Å². The highest BCUT2D eigenvalue weighted by atomic mass is 127. The molecule has 0 unspecified atom stereocenters. The van der Waals surface area contributed by atoms with Gasteiger partial charge in [-0.3, -0.25) is 9.79 Å². The summed E-state index contributed by atoms with van der Waals surface area (Å²) in [7, 11) is 1.70. The van der Waals surface area contributed by atoms with E-state index < -0.39 is 5.91 Å². The van der Waals surface area contributed by atoms with Gasteiger partial charge in [-0.05, 0) is 37.3 Å². The Morgan fingerprint density at radius 3 is 2.83 bits per heavy atom. The number of aliphatic imine (C=N–C) groups is 1. The van der Waals surface area contributed by atoms with Gasteiger partial charge in [0.2, 0.25) is 0 Å². The molecule has 8 heteroatoms. The van der Waals surface area contributed by atoms with E-state index in [0.717, 1.165) is 32.1 Å². The third-order valence-electron chi connectivity index (χ3n) is 3.37. The average Bonchev–Trinajstić information content (AvgIpc) is 3.20. The van der Waals surface area contributed by atoms with Crippen LogP contribution in [0.1, 0.15) is 35.6 Å². The lowest BCUT2D eigenvalue weighted by Gasteiger charge is -2.11. The molecule has 1 aromatic rings. The van der Waals surface area contributed by atoms with Gasteiger partial charge in [-0.1, -0.05) is 0 Å². The minimum absolute atomic E-state index is 0. The summed E-state index contributed by atoms with van der Waals surface area (Å²) >= 11 is 0. The number of ether oxygens (including phenoxy) is 1. The van der Waals surface area contributed by atoms with Crippen molar-refractivity contribution in [3.8, 4) is 0 Å². The van der Waals surface area contributed by atoms with Crippen molar-refractivity contribution in [2.75, 3.05) is 26.8 Å². The number of carbonyl (C=O) groups excluding carboxylic acids is 1. The molecule has 2 rings (SSSR count). The highest BCUT2D eigenvalue weighted by Gasteiger charge is 2.20. The molecule has 1 amide bonds. The molecule has 0 spiro atoms. The number of primary amides is 1. The summed E-state index contributed by atoms with van der Waals surface area (Å²) in [6.45, 7) is 2.88. The molecule has 4 N–H and O–H groups in total. The molecule has 1 saturated carbocycles. The van der Waals surface area contributed by atoms with Gasteiger partial charge < -0.3 is 25.5 Å². The summed E-state index contributed by atoms with van der Waals surface area (Å²) in [4.78, 5) is 15.1. The lowest BCUT2D eigenvalue weighted by molar-refractivity contribution is 0.0972. The first-order valence-electron chi connectivity index (χ1n) is 7.60. The van der Waals surface area contributed by atoms with Crippen LogP contribution in [-0.2, 0) is 11.3 Å². The number of guanidine groups is 1. The fourth-order valence-electron chi connectivity index (χ4n) is 1.91. The van der Waals surface area contributed by atoms with Gasteiger partial charge in [0.05, 0.1) is 6.54 Å². The van der Waals surface area contributed by atoms with E-state index in [4.69, 9.17) is 14.9 Å². The quantitative estimate of drug-likeness (QED) is 0.236. The maximum absolute atomic E-state index is 10.9. The molecule has 1 fully saturated rings. The van der Waals surface area contributed by atoms with Gasteiger partial charge in [0.25, 0.3) is 5.91 Å². The Bertz CT molecular complexity index is 515. The van der Waals surface area contributed by atoms with Gasteiger partial charge in [-0.15, -0.1) is 24.0 Å². The summed E-state index contributed by atoms with van der Waals surface area (Å²) in [5, 5.41) is 6.31.